The number of aromatic nitrogens is 2. The molecule has 1 aromatic heterocycles. The van der Waals surface area contributed by atoms with Crippen LogP contribution in [0.15, 0.2) is 76.7 Å². The number of para-hydroxylation sites is 1. The molecule has 0 atom stereocenters. The minimum Gasteiger partial charge on any atom is -0.496 e. The maximum absolute atomic E-state index is 13.3. The van der Waals surface area contributed by atoms with Crippen LogP contribution in [-0.4, -0.2) is 22.9 Å². The minimum atomic E-state index is -0.111. The van der Waals surface area contributed by atoms with Crippen molar-refractivity contribution in [2.75, 3.05) is 7.11 Å². The first-order valence-corrected chi connectivity index (χ1v) is 10.4. The molecule has 0 aliphatic carbocycles. The summed E-state index contributed by atoms with van der Waals surface area (Å²) in [6.45, 7) is 2.01. The number of nitrogens with zero attached hydrogens (tertiary/aromatic N) is 2. The summed E-state index contributed by atoms with van der Waals surface area (Å²) >= 11 is 1.43. The molecule has 0 radical (unpaired) electrons. The van der Waals surface area contributed by atoms with Crippen LogP contribution >= 0.6 is 11.8 Å². The topological polar surface area (TPSA) is 61.2 Å². The molecule has 0 unspecified atom stereocenters. The third kappa shape index (κ3) is 3.86. The van der Waals surface area contributed by atoms with Crippen molar-refractivity contribution in [3.63, 3.8) is 0 Å². The van der Waals surface area contributed by atoms with Crippen molar-refractivity contribution in [3.05, 3.63) is 93.8 Å². The lowest BCUT2D eigenvalue weighted by Gasteiger charge is -2.14. The number of hydrogen-bond acceptors (Lipinski definition) is 5. The molecule has 30 heavy (non-hydrogen) atoms. The summed E-state index contributed by atoms with van der Waals surface area (Å²) in [5.74, 6) is 1.19. The number of thioether (sulfide) groups is 1. The van der Waals surface area contributed by atoms with E-state index in [1.54, 1.807) is 35.9 Å². The van der Waals surface area contributed by atoms with Gasteiger partial charge in [0.2, 0.25) is 0 Å². The van der Waals surface area contributed by atoms with Gasteiger partial charge in [-0.1, -0.05) is 41.6 Å². The van der Waals surface area contributed by atoms with Gasteiger partial charge in [-0.15, -0.1) is 0 Å². The Balaban J connectivity index is 1.82. The van der Waals surface area contributed by atoms with E-state index in [2.05, 4.69) is 0 Å². The van der Waals surface area contributed by atoms with E-state index in [9.17, 15) is 9.59 Å². The van der Waals surface area contributed by atoms with Crippen LogP contribution in [0.5, 0.6) is 5.75 Å². The second kappa shape index (κ2) is 8.55. The Morgan fingerprint density at radius 1 is 1.07 bits per heavy atom. The third-order valence-corrected chi connectivity index (χ3v) is 5.82. The molecular weight excluding hydrogens is 396 g/mol. The zero-order valence-electron chi connectivity index (χ0n) is 16.7. The highest BCUT2D eigenvalue weighted by Crippen LogP contribution is 2.29. The van der Waals surface area contributed by atoms with Gasteiger partial charge in [0.05, 0.1) is 23.7 Å². The van der Waals surface area contributed by atoms with E-state index in [4.69, 9.17) is 9.72 Å². The van der Waals surface area contributed by atoms with Gasteiger partial charge in [-0.05, 0) is 49.4 Å². The molecule has 0 fully saturated rings. The first kappa shape index (κ1) is 19.9. The number of carbonyl (C=O) groups is 1. The Hall–Kier alpha value is -3.38. The molecule has 0 saturated heterocycles. The summed E-state index contributed by atoms with van der Waals surface area (Å²) < 4.78 is 7.08. The molecule has 0 aliphatic heterocycles. The summed E-state index contributed by atoms with van der Waals surface area (Å²) in [5, 5.41) is 1.16. The Morgan fingerprint density at radius 3 is 2.57 bits per heavy atom. The summed E-state index contributed by atoms with van der Waals surface area (Å²) in [5.41, 5.74) is 3.87. The van der Waals surface area contributed by atoms with Crippen LogP contribution in [0.4, 0.5) is 0 Å². The Bertz CT molecular complexity index is 1280. The fraction of sp³-hybridized carbons (Fsp3) is 0.125. The van der Waals surface area contributed by atoms with Crippen molar-refractivity contribution in [3.8, 4) is 11.4 Å². The van der Waals surface area contributed by atoms with E-state index in [0.29, 0.717) is 33.1 Å². The van der Waals surface area contributed by atoms with Gasteiger partial charge < -0.3 is 4.74 Å². The van der Waals surface area contributed by atoms with Crippen LogP contribution in [0.1, 0.15) is 21.5 Å². The van der Waals surface area contributed by atoms with Crippen molar-refractivity contribution < 1.29 is 9.53 Å². The number of methoxy groups -OCH3 is 1. The maximum atomic E-state index is 13.3. The van der Waals surface area contributed by atoms with Crippen molar-refractivity contribution in [1.82, 2.24) is 9.55 Å². The van der Waals surface area contributed by atoms with E-state index >= 15 is 0 Å². The molecule has 4 aromatic rings. The average molecular weight is 417 g/mol. The largest absolute Gasteiger partial charge is 0.496 e. The van der Waals surface area contributed by atoms with Gasteiger partial charge in [0.15, 0.2) is 5.16 Å². The van der Waals surface area contributed by atoms with E-state index in [1.165, 1.54) is 11.8 Å². The van der Waals surface area contributed by atoms with Crippen LogP contribution in [0.25, 0.3) is 16.6 Å². The number of rotatable bonds is 6. The van der Waals surface area contributed by atoms with E-state index in [1.807, 2.05) is 49.4 Å². The number of ether oxygens (including phenoxy) is 1. The Labute approximate surface area is 178 Å². The molecule has 0 bridgehead atoms. The maximum Gasteiger partial charge on any atom is 0.266 e. The third-order valence-electron chi connectivity index (χ3n) is 4.83. The normalized spacial score (nSPS) is 10.9. The molecule has 4 rings (SSSR count). The lowest BCUT2D eigenvalue weighted by atomic mass is 10.1. The average Bonchev–Trinajstić information content (AvgIpc) is 2.78. The van der Waals surface area contributed by atoms with Gasteiger partial charge in [-0.25, -0.2) is 4.98 Å². The van der Waals surface area contributed by atoms with Crippen molar-refractivity contribution in [2.24, 2.45) is 0 Å². The molecule has 0 N–H and O–H groups in total. The molecule has 5 nitrogen and oxygen atoms in total. The quantitative estimate of drug-likeness (QED) is 0.256. The first-order chi connectivity index (χ1) is 14.6. The Morgan fingerprint density at radius 2 is 1.83 bits per heavy atom. The van der Waals surface area contributed by atoms with Gasteiger partial charge in [0, 0.05) is 16.9 Å². The molecule has 0 amide bonds. The first-order valence-electron chi connectivity index (χ1n) is 9.44. The molecule has 6 heteroatoms. The highest BCUT2D eigenvalue weighted by molar-refractivity contribution is 7.98. The number of carbonyl (C=O) groups excluding carboxylic acids is 1. The second-order valence-electron chi connectivity index (χ2n) is 6.87. The van der Waals surface area contributed by atoms with Crippen LogP contribution in [0.3, 0.4) is 0 Å². The highest BCUT2D eigenvalue weighted by Gasteiger charge is 2.14. The lowest BCUT2D eigenvalue weighted by Crippen LogP contribution is -2.21. The fourth-order valence-electron chi connectivity index (χ4n) is 3.26. The molecular formula is C24H20N2O3S. The van der Waals surface area contributed by atoms with Crippen LogP contribution in [0.2, 0.25) is 0 Å². The van der Waals surface area contributed by atoms with Gasteiger partial charge >= 0.3 is 0 Å². The lowest BCUT2D eigenvalue weighted by molar-refractivity contribution is 0.112. The summed E-state index contributed by atoms with van der Waals surface area (Å²) in [7, 11) is 1.60. The standard InChI is InChI=1S/C24H20N2O3S/c1-16-7-10-19(11-8-16)26-23(28)20-5-3-4-6-21(20)25-24(26)30-15-18-13-17(14-27)9-12-22(18)29-2/h3-14H,15H2,1-2H3. The number of hydrogen-bond donors (Lipinski definition) is 0. The number of aryl methyl sites for hydroxylation is 1. The molecule has 1 heterocycles. The minimum absolute atomic E-state index is 0.111. The van der Waals surface area contributed by atoms with Crippen molar-refractivity contribution >= 4 is 29.0 Å². The predicted molar refractivity (Wildman–Crippen MR) is 120 cm³/mol. The van der Waals surface area contributed by atoms with Crippen LogP contribution in [0, 0.1) is 6.92 Å². The van der Waals surface area contributed by atoms with E-state index in [0.717, 1.165) is 23.1 Å². The molecule has 0 spiro atoms. The summed E-state index contributed by atoms with van der Waals surface area (Å²) in [6, 6.07) is 20.4. The van der Waals surface area contributed by atoms with Gasteiger partial charge in [-0.3, -0.25) is 14.2 Å². The number of benzene rings is 3. The summed E-state index contributed by atoms with van der Waals surface area (Å²) in [6.07, 6.45) is 0.810. The molecule has 150 valence electrons. The zero-order valence-corrected chi connectivity index (χ0v) is 17.5. The summed E-state index contributed by atoms with van der Waals surface area (Å²) in [4.78, 5) is 29.3. The highest BCUT2D eigenvalue weighted by atomic mass is 32.2. The zero-order chi connectivity index (χ0) is 21.1. The van der Waals surface area contributed by atoms with Gasteiger partial charge in [0.1, 0.15) is 12.0 Å². The van der Waals surface area contributed by atoms with Gasteiger partial charge in [0.25, 0.3) is 5.56 Å². The molecule has 3 aromatic carbocycles. The second-order valence-corrected chi connectivity index (χ2v) is 7.81. The monoisotopic (exact) mass is 416 g/mol. The van der Waals surface area contributed by atoms with Crippen molar-refractivity contribution in [1.29, 1.82) is 0 Å². The Kier molecular flexibility index (Phi) is 5.68. The fourth-order valence-corrected chi connectivity index (χ4v) is 4.25. The van der Waals surface area contributed by atoms with Crippen LogP contribution < -0.4 is 10.3 Å². The smallest absolute Gasteiger partial charge is 0.266 e. The van der Waals surface area contributed by atoms with E-state index in [-0.39, 0.29) is 5.56 Å². The van der Waals surface area contributed by atoms with Crippen LogP contribution in [-0.2, 0) is 5.75 Å². The van der Waals surface area contributed by atoms with Crippen molar-refractivity contribution in [2.45, 2.75) is 17.8 Å². The number of fused-ring (bicyclic) bond motifs is 1. The predicted octanol–water partition coefficient (Wildman–Crippen LogP) is 4.81. The van der Waals surface area contributed by atoms with Gasteiger partial charge in [-0.2, -0.15) is 0 Å². The number of aldehydes is 1. The van der Waals surface area contributed by atoms with E-state index < -0.39 is 0 Å². The SMILES string of the molecule is COc1ccc(C=O)cc1CSc1nc2ccccc2c(=O)n1-c1ccc(C)cc1. The molecule has 0 saturated carbocycles. The molecule has 0 aliphatic rings.